The Kier molecular flexibility index (Phi) is 12.2. The number of hydrogen-bond acceptors (Lipinski definition) is 4. The van der Waals surface area contributed by atoms with Crippen molar-refractivity contribution in [3.8, 4) is 78.9 Å². The van der Waals surface area contributed by atoms with Gasteiger partial charge in [-0.2, -0.15) is 0 Å². The summed E-state index contributed by atoms with van der Waals surface area (Å²) in [5.74, 6) is 3.15. The average molecular weight is 1250 g/mol. The average Bonchev–Trinajstić information content (AvgIpc) is 1.68. The minimum Gasteiger partial charge on any atom is -0.456 e. The highest BCUT2D eigenvalue weighted by Gasteiger charge is 2.49. The second-order valence-corrected chi connectivity index (χ2v) is 30.0. The molecule has 0 fully saturated rings. The Morgan fingerprint density at radius 2 is 0.577 bits per heavy atom. The minimum absolute atomic E-state index is 0.178. The van der Waals surface area contributed by atoms with Gasteiger partial charge in [-0.25, -0.2) is 0 Å². The summed E-state index contributed by atoms with van der Waals surface area (Å²) in [7, 11) is 0. The summed E-state index contributed by atoms with van der Waals surface area (Å²) in [4.78, 5) is 5.41. The van der Waals surface area contributed by atoms with Crippen LogP contribution < -0.4 is 35.7 Å². The van der Waals surface area contributed by atoms with Crippen LogP contribution >= 0.6 is 0 Å². The molecule has 0 unspecified atom stereocenters. The quantitative estimate of drug-likeness (QED) is 0.162. The molecule has 15 aromatic rings. The SMILES string of the molecule is CC(C)(C)c1ccc2c(c1)-c1ccccc1Oc1ccccc1-c1c(-n3c4ccccc4c4ccccc43)ccc3c1N2c1cc(C(C)(C)C)cc2c1B3c1ccc(-n3c4ccccc4c4ccccc43)c3c1N2c1ccc(C(C)(C)C)cc1-c1ccccc1Oc1ccccc1-3. The van der Waals surface area contributed by atoms with E-state index >= 15 is 0 Å². The summed E-state index contributed by atoms with van der Waals surface area (Å²) in [6.45, 7) is 20.8. The molecule has 0 N–H and O–H groups in total. The van der Waals surface area contributed by atoms with Crippen LogP contribution in [0, 0.1) is 0 Å². The predicted molar refractivity (Wildman–Crippen MR) is 407 cm³/mol. The van der Waals surface area contributed by atoms with E-state index in [-0.39, 0.29) is 23.0 Å². The number of rotatable bonds is 2. The third-order valence-corrected chi connectivity index (χ3v) is 21.2. The summed E-state index contributed by atoms with van der Waals surface area (Å²) >= 11 is 0. The van der Waals surface area contributed by atoms with Crippen molar-refractivity contribution in [1.29, 1.82) is 0 Å². The van der Waals surface area contributed by atoms with E-state index in [0.29, 0.717) is 0 Å². The molecular formula is C90H71BN4O2. The number of anilines is 6. The molecule has 7 heteroatoms. The molecule has 0 saturated heterocycles. The van der Waals surface area contributed by atoms with Crippen molar-refractivity contribution in [2.24, 2.45) is 0 Å². The molecule has 0 bridgehead atoms. The molecule has 13 aromatic carbocycles. The molecule has 4 aliphatic heterocycles. The number of hydrogen-bond donors (Lipinski definition) is 0. The third kappa shape index (κ3) is 8.40. The van der Waals surface area contributed by atoms with Crippen molar-refractivity contribution in [2.75, 3.05) is 9.80 Å². The molecule has 97 heavy (non-hydrogen) atoms. The maximum Gasteiger partial charge on any atom is 0.252 e. The highest BCUT2D eigenvalue weighted by atomic mass is 16.5. The molecular weight excluding hydrogens is 1180 g/mol. The molecule has 4 aliphatic rings. The van der Waals surface area contributed by atoms with E-state index in [9.17, 15) is 0 Å². The Balaban J connectivity index is 1.05. The maximum absolute atomic E-state index is 7.59. The Bertz CT molecular complexity index is 5430. The number of fused-ring (bicyclic) bond motifs is 22. The molecule has 0 aliphatic carbocycles. The monoisotopic (exact) mass is 1250 g/mol. The highest BCUT2D eigenvalue weighted by Crippen LogP contribution is 2.59. The van der Waals surface area contributed by atoms with Gasteiger partial charge < -0.3 is 28.4 Å². The van der Waals surface area contributed by atoms with E-state index in [1.807, 2.05) is 0 Å². The molecule has 2 aromatic heterocycles. The van der Waals surface area contributed by atoms with Gasteiger partial charge in [0.1, 0.15) is 23.0 Å². The van der Waals surface area contributed by atoms with E-state index in [2.05, 4.69) is 348 Å². The van der Waals surface area contributed by atoms with Gasteiger partial charge in [0.05, 0.1) is 56.2 Å². The first-order chi connectivity index (χ1) is 47.1. The van der Waals surface area contributed by atoms with Gasteiger partial charge >= 0.3 is 0 Å². The van der Waals surface area contributed by atoms with Gasteiger partial charge in [-0.05, 0) is 146 Å². The molecule has 0 amide bonds. The lowest BCUT2D eigenvalue weighted by Crippen LogP contribution is -2.62. The fraction of sp³-hybridized carbons (Fsp3) is 0.133. The van der Waals surface area contributed by atoms with Gasteiger partial charge in [0.25, 0.3) is 6.71 Å². The van der Waals surface area contributed by atoms with Crippen molar-refractivity contribution < 1.29 is 9.47 Å². The van der Waals surface area contributed by atoms with E-state index in [1.54, 1.807) is 0 Å². The molecule has 0 spiro atoms. The molecule has 0 atom stereocenters. The first-order valence-electron chi connectivity index (χ1n) is 34.2. The molecule has 6 nitrogen and oxygen atoms in total. The molecule has 6 heterocycles. The van der Waals surface area contributed by atoms with Crippen LogP contribution in [-0.2, 0) is 16.2 Å². The van der Waals surface area contributed by atoms with Crippen molar-refractivity contribution in [2.45, 2.75) is 78.6 Å². The first kappa shape index (κ1) is 57.2. The van der Waals surface area contributed by atoms with Gasteiger partial charge in [0.15, 0.2) is 0 Å². The van der Waals surface area contributed by atoms with Crippen LogP contribution in [0.25, 0.3) is 99.5 Å². The van der Waals surface area contributed by atoms with Gasteiger partial charge in [-0.15, -0.1) is 0 Å². The molecule has 0 saturated carbocycles. The fourth-order valence-corrected chi connectivity index (χ4v) is 16.5. The second-order valence-electron chi connectivity index (χ2n) is 30.0. The van der Waals surface area contributed by atoms with Crippen LogP contribution in [0.3, 0.4) is 0 Å². The number of ether oxygens (including phenoxy) is 2. The van der Waals surface area contributed by atoms with Gasteiger partial charge in [0, 0.05) is 77.4 Å². The standard InChI is InChI=1S/C90H71BN4O2/c1-88(2,3)54-42-46-73-65(50-54)61-30-14-22-38-79(61)96-81-40-24-16-32-63(81)83-75(92-69-34-18-10-26-57(69)58-27-11-19-35-70(58)92)48-44-67-86(83)94(73)77-52-56(90(7,8)9)53-78-85(77)91(67)68-45-49-76(93-71-36-20-12-28-59(71)60-29-13-21-37-72(60)93)84-64-33-17-25-41-82(64)97-80-39-23-15-31-62(80)66-51-55(89(4,5)6)43-47-74(66)95(78)87(68)84/h10-53H,1-9H3. The van der Waals surface area contributed by atoms with E-state index in [0.717, 1.165) is 135 Å². The fourth-order valence-electron chi connectivity index (χ4n) is 16.5. The number of para-hydroxylation sites is 8. The first-order valence-corrected chi connectivity index (χ1v) is 34.2. The topological polar surface area (TPSA) is 34.8 Å². The summed E-state index contributed by atoms with van der Waals surface area (Å²) in [5.41, 5.74) is 28.3. The van der Waals surface area contributed by atoms with Crippen LogP contribution in [0.4, 0.5) is 34.1 Å². The van der Waals surface area contributed by atoms with Gasteiger partial charge in [0.2, 0.25) is 0 Å². The van der Waals surface area contributed by atoms with E-state index in [1.165, 1.54) is 54.6 Å². The zero-order valence-corrected chi connectivity index (χ0v) is 56.1. The second kappa shape index (κ2) is 20.6. The number of nitrogens with zero attached hydrogens (tertiary/aromatic N) is 4. The Morgan fingerprint density at radius 3 is 0.938 bits per heavy atom. The lowest BCUT2D eigenvalue weighted by molar-refractivity contribution is 0.486. The van der Waals surface area contributed by atoms with Gasteiger partial charge in [-0.1, -0.05) is 232 Å². The lowest BCUT2D eigenvalue weighted by Gasteiger charge is -2.47. The Morgan fingerprint density at radius 1 is 0.268 bits per heavy atom. The summed E-state index contributed by atoms with van der Waals surface area (Å²) < 4.78 is 20.2. The number of aromatic nitrogens is 2. The smallest absolute Gasteiger partial charge is 0.252 e. The molecule has 0 radical (unpaired) electrons. The van der Waals surface area contributed by atoms with E-state index < -0.39 is 0 Å². The van der Waals surface area contributed by atoms with Crippen LogP contribution in [-0.4, -0.2) is 15.8 Å². The van der Waals surface area contributed by atoms with Crippen molar-refractivity contribution >= 4 is 101 Å². The zero-order valence-electron chi connectivity index (χ0n) is 56.1. The highest BCUT2D eigenvalue weighted by molar-refractivity contribution is 7.00. The largest absolute Gasteiger partial charge is 0.456 e. The predicted octanol–water partition coefficient (Wildman–Crippen LogP) is 22.7. The van der Waals surface area contributed by atoms with Gasteiger partial charge in [-0.3, -0.25) is 0 Å². The molecule has 466 valence electrons. The van der Waals surface area contributed by atoms with Crippen molar-refractivity contribution in [1.82, 2.24) is 9.13 Å². The zero-order chi connectivity index (χ0) is 65.5. The Labute approximate surface area is 566 Å². The minimum atomic E-state index is -0.338. The van der Waals surface area contributed by atoms with Crippen molar-refractivity contribution in [3.05, 3.63) is 284 Å². The summed E-state index contributed by atoms with van der Waals surface area (Å²) in [6.07, 6.45) is 0. The summed E-state index contributed by atoms with van der Waals surface area (Å²) in [5, 5.41) is 4.80. The van der Waals surface area contributed by atoms with Crippen molar-refractivity contribution in [3.63, 3.8) is 0 Å². The molecule has 19 rings (SSSR count). The van der Waals surface area contributed by atoms with Crippen LogP contribution in [0.5, 0.6) is 23.0 Å². The Hall–Kier alpha value is -11.3. The normalized spacial score (nSPS) is 13.5. The lowest BCUT2D eigenvalue weighted by atomic mass is 9.33. The maximum atomic E-state index is 7.59. The van der Waals surface area contributed by atoms with Crippen LogP contribution in [0.15, 0.2) is 267 Å². The van der Waals surface area contributed by atoms with Crippen LogP contribution in [0.2, 0.25) is 0 Å². The summed E-state index contributed by atoms with van der Waals surface area (Å²) in [6, 6.07) is 100. The third-order valence-electron chi connectivity index (χ3n) is 21.2. The van der Waals surface area contributed by atoms with Crippen LogP contribution in [0.1, 0.15) is 79.0 Å². The number of benzene rings is 13. The van der Waals surface area contributed by atoms with E-state index in [4.69, 9.17) is 9.47 Å².